The Morgan fingerprint density at radius 3 is 2.87 bits per heavy atom. The number of fused-ring (bicyclic) bond motifs is 1. The third kappa shape index (κ3) is 4.40. The minimum absolute atomic E-state index is 0.255. The van der Waals surface area contributed by atoms with Crippen LogP contribution in [0, 0.1) is 11.4 Å². The number of H-pyrrole nitrogens is 1. The van der Waals surface area contributed by atoms with Crippen molar-refractivity contribution >= 4 is 5.82 Å². The summed E-state index contributed by atoms with van der Waals surface area (Å²) in [6.07, 6.45) is 4.73. The lowest BCUT2D eigenvalue weighted by atomic mass is 9.76. The molecule has 0 spiro atoms. The van der Waals surface area contributed by atoms with Crippen molar-refractivity contribution in [2.24, 2.45) is 5.41 Å². The van der Waals surface area contributed by atoms with Crippen molar-refractivity contribution in [1.82, 2.24) is 20.2 Å². The van der Waals surface area contributed by atoms with E-state index in [1.54, 1.807) is 13.3 Å². The van der Waals surface area contributed by atoms with Crippen LogP contribution in [0.4, 0.5) is 10.2 Å². The number of hydrogen-bond acceptors (Lipinski definition) is 5. The Bertz CT molecular complexity index is 1090. The van der Waals surface area contributed by atoms with Crippen LogP contribution in [0.2, 0.25) is 0 Å². The fourth-order valence-corrected chi connectivity index (χ4v) is 4.27. The molecule has 4 rings (SSSR count). The molecule has 0 aromatic carbocycles. The number of ether oxygens (including phenoxy) is 1. The second-order valence-electron chi connectivity index (χ2n) is 9.73. The molecule has 164 valence electrons. The maximum absolute atomic E-state index is 14.4. The number of anilines is 1. The van der Waals surface area contributed by atoms with E-state index in [4.69, 9.17) is 4.74 Å². The molecule has 0 radical (unpaired) electrons. The van der Waals surface area contributed by atoms with Gasteiger partial charge in [-0.15, -0.1) is 0 Å². The second-order valence-corrected chi connectivity index (χ2v) is 9.73. The Kier molecular flexibility index (Phi) is 5.45. The van der Waals surface area contributed by atoms with Gasteiger partial charge in [-0.3, -0.25) is 10.1 Å². The molecule has 1 aliphatic carbocycles. The van der Waals surface area contributed by atoms with E-state index in [0.29, 0.717) is 12.4 Å². The molecule has 7 heteroatoms. The second kappa shape index (κ2) is 7.94. The standard InChI is InChI=1S/C24H30FN5O/c1-23(2)9-8-16-17(13-23)29-30-21(16)15-11-19(25)28-20(12-15)27-14-24(3,4)22-18(31-5)7-6-10-26-22/h6-7,10-12H,8-9,13-14H2,1-5H3,(H,27,28)(H,29,30). The molecule has 6 nitrogen and oxygen atoms in total. The van der Waals surface area contributed by atoms with Gasteiger partial charge in [0.15, 0.2) is 0 Å². The molecular formula is C24H30FN5O. The lowest BCUT2D eigenvalue weighted by Crippen LogP contribution is -2.29. The van der Waals surface area contributed by atoms with E-state index in [1.807, 2.05) is 18.2 Å². The normalized spacial score (nSPS) is 15.4. The van der Waals surface area contributed by atoms with Crippen molar-refractivity contribution in [2.75, 3.05) is 19.0 Å². The first kappa shape index (κ1) is 21.3. The highest BCUT2D eigenvalue weighted by Gasteiger charge is 2.30. The van der Waals surface area contributed by atoms with Crippen molar-refractivity contribution in [3.63, 3.8) is 0 Å². The molecule has 0 bridgehead atoms. The summed E-state index contributed by atoms with van der Waals surface area (Å²) in [7, 11) is 1.64. The number of aromatic amines is 1. The Morgan fingerprint density at radius 2 is 2.10 bits per heavy atom. The van der Waals surface area contributed by atoms with Crippen molar-refractivity contribution in [3.8, 4) is 17.0 Å². The summed E-state index contributed by atoms with van der Waals surface area (Å²) in [6.45, 7) is 9.18. The molecule has 0 saturated heterocycles. The van der Waals surface area contributed by atoms with Crippen LogP contribution in [0.1, 0.15) is 51.1 Å². The van der Waals surface area contributed by atoms with Gasteiger partial charge >= 0.3 is 0 Å². The lowest BCUT2D eigenvalue weighted by molar-refractivity contribution is 0.312. The molecule has 3 heterocycles. The SMILES string of the molecule is COc1cccnc1C(C)(C)CNc1cc(-c2n[nH]c3c2CCC(C)(C)C3)cc(F)n1. The highest BCUT2D eigenvalue weighted by Crippen LogP contribution is 2.38. The summed E-state index contributed by atoms with van der Waals surface area (Å²) < 4.78 is 19.9. The highest BCUT2D eigenvalue weighted by atomic mass is 19.1. The van der Waals surface area contributed by atoms with Crippen LogP contribution in [0.5, 0.6) is 5.75 Å². The molecule has 0 amide bonds. The van der Waals surface area contributed by atoms with E-state index in [1.165, 1.54) is 11.6 Å². The van der Waals surface area contributed by atoms with E-state index < -0.39 is 5.95 Å². The van der Waals surface area contributed by atoms with Crippen LogP contribution in [0.3, 0.4) is 0 Å². The molecule has 0 unspecified atom stereocenters. The minimum Gasteiger partial charge on any atom is -0.495 e. The number of hydrogen-bond donors (Lipinski definition) is 2. The average molecular weight is 424 g/mol. The topological polar surface area (TPSA) is 75.7 Å². The zero-order valence-corrected chi connectivity index (χ0v) is 18.8. The molecule has 2 N–H and O–H groups in total. The first-order valence-corrected chi connectivity index (χ1v) is 10.7. The van der Waals surface area contributed by atoms with Crippen LogP contribution in [-0.2, 0) is 18.3 Å². The number of methoxy groups -OCH3 is 1. The average Bonchev–Trinajstić information content (AvgIpc) is 3.13. The van der Waals surface area contributed by atoms with Gasteiger partial charge in [0.25, 0.3) is 0 Å². The Hall–Kier alpha value is -2.96. The zero-order valence-electron chi connectivity index (χ0n) is 18.8. The molecule has 3 aromatic rings. The Morgan fingerprint density at radius 1 is 1.29 bits per heavy atom. The van der Waals surface area contributed by atoms with Gasteiger partial charge in [-0.2, -0.15) is 9.49 Å². The van der Waals surface area contributed by atoms with E-state index in [2.05, 4.69) is 53.2 Å². The minimum atomic E-state index is -0.527. The number of aromatic nitrogens is 4. The summed E-state index contributed by atoms with van der Waals surface area (Å²) >= 11 is 0. The van der Waals surface area contributed by atoms with Gasteiger partial charge in [-0.05, 0) is 42.9 Å². The van der Waals surface area contributed by atoms with E-state index >= 15 is 0 Å². The smallest absolute Gasteiger partial charge is 0.215 e. The highest BCUT2D eigenvalue weighted by molar-refractivity contribution is 5.67. The maximum atomic E-state index is 14.4. The molecule has 31 heavy (non-hydrogen) atoms. The Labute approximate surface area is 182 Å². The number of nitrogens with one attached hydrogen (secondary N) is 2. The first-order chi connectivity index (χ1) is 14.7. The number of halogens is 1. The molecule has 0 atom stereocenters. The van der Waals surface area contributed by atoms with Gasteiger partial charge in [-0.25, -0.2) is 4.98 Å². The van der Waals surface area contributed by atoms with Crippen molar-refractivity contribution < 1.29 is 9.13 Å². The first-order valence-electron chi connectivity index (χ1n) is 10.7. The van der Waals surface area contributed by atoms with Crippen LogP contribution in [0.25, 0.3) is 11.3 Å². The van der Waals surface area contributed by atoms with E-state index in [9.17, 15) is 4.39 Å². The van der Waals surface area contributed by atoms with Gasteiger partial charge in [0.05, 0.1) is 18.5 Å². The van der Waals surface area contributed by atoms with Gasteiger partial charge in [0.2, 0.25) is 5.95 Å². The summed E-state index contributed by atoms with van der Waals surface area (Å²) in [5.74, 6) is 0.681. The number of rotatable bonds is 6. The summed E-state index contributed by atoms with van der Waals surface area (Å²) in [5.41, 5.74) is 4.64. The maximum Gasteiger partial charge on any atom is 0.215 e. The molecular weight excluding hydrogens is 393 g/mol. The zero-order chi connectivity index (χ0) is 22.2. The van der Waals surface area contributed by atoms with Gasteiger partial charge in [0.1, 0.15) is 11.6 Å². The molecule has 0 saturated carbocycles. The van der Waals surface area contributed by atoms with Gasteiger partial charge < -0.3 is 10.1 Å². The van der Waals surface area contributed by atoms with Crippen molar-refractivity contribution in [3.05, 3.63) is 53.4 Å². The van der Waals surface area contributed by atoms with E-state index in [0.717, 1.165) is 47.7 Å². The molecule has 3 aromatic heterocycles. The van der Waals surface area contributed by atoms with Gasteiger partial charge in [0, 0.05) is 41.0 Å². The predicted octanol–water partition coefficient (Wildman–Crippen LogP) is 4.92. The van der Waals surface area contributed by atoms with E-state index in [-0.39, 0.29) is 10.8 Å². The van der Waals surface area contributed by atoms with Crippen LogP contribution in [0.15, 0.2) is 30.5 Å². The summed E-state index contributed by atoms with van der Waals surface area (Å²) in [5, 5.41) is 11.0. The van der Waals surface area contributed by atoms with Gasteiger partial charge in [-0.1, -0.05) is 27.7 Å². The molecule has 0 aliphatic heterocycles. The molecule has 0 fully saturated rings. The third-order valence-corrected chi connectivity index (χ3v) is 6.07. The van der Waals surface area contributed by atoms with Crippen molar-refractivity contribution in [1.29, 1.82) is 0 Å². The fraction of sp³-hybridized carbons (Fsp3) is 0.458. The summed E-state index contributed by atoms with van der Waals surface area (Å²) in [4.78, 5) is 8.55. The van der Waals surface area contributed by atoms with Crippen LogP contribution < -0.4 is 10.1 Å². The lowest BCUT2D eigenvalue weighted by Gasteiger charge is -2.29. The monoisotopic (exact) mass is 423 g/mol. The molecule has 1 aliphatic rings. The predicted molar refractivity (Wildman–Crippen MR) is 120 cm³/mol. The third-order valence-electron chi connectivity index (χ3n) is 6.07. The fourth-order valence-electron chi connectivity index (χ4n) is 4.27. The van der Waals surface area contributed by atoms with Crippen LogP contribution in [-0.4, -0.2) is 33.8 Å². The summed E-state index contributed by atoms with van der Waals surface area (Å²) in [6, 6.07) is 7.06. The van der Waals surface area contributed by atoms with Crippen LogP contribution >= 0.6 is 0 Å². The Balaban J connectivity index is 1.58. The largest absolute Gasteiger partial charge is 0.495 e. The number of nitrogens with zero attached hydrogens (tertiary/aromatic N) is 3. The quantitative estimate of drug-likeness (QED) is 0.551. The van der Waals surface area contributed by atoms with Crippen molar-refractivity contribution in [2.45, 2.75) is 52.4 Å². The number of pyridine rings is 2.